The second-order valence-corrected chi connectivity index (χ2v) is 4.72. The summed E-state index contributed by atoms with van der Waals surface area (Å²) in [4.78, 5) is 4.20. The molecule has 0 unspecified atom stereocenters. The first-order chi connectivity index (χ1) is 9.54. The molecular weight excluding hydrogens is 307 g/mol. The van der Waals surface area contributed by atoms with Crippen LogP contribution < -0.4 is 5.32 Å². The highest BCUT2D eigenvalue weighted by molar-refractivity contribution is 5.85. The van der Waals surface area contributed by atoms with Crippen molar-refractivity contribution in [3.63, 3.8) is 0 Å². The van der Waals surface area contributed by atoms with E-state index in [-0.39, 0.29) is 24.1 Å². The van der Waals surface area contributed by atoms with Gasteiger partial charge in [-0.1, -0.05) is 17.3 Å². The van der Waals surface area contributed by atoms with Crippen LogP contribution in [0.25, 0.3) is 11.4 Å². The first kappa shape index (κ1) is 15.8. The third kappa shape index (κ3) is 3.36. The van der Waals surface area contributed by atoms with E-state index in [1.54, 1.807) is 0 Å². The van der Waals surface area contributed by atoms with Gasteiger partial charge in [0.15, 0.2) is 0 Å². The van der Waals surface area contributed by atoms with E-state index in [4.69, 9.17) is 4.52 Å². The number of alkyl halides is 3. The SMILES string of the molecule is Cl.FC(F)(F)c1cccc(-c2noc([C@H]3CCNC3)n2)c1. The Morgan fingerprint density at radius 2 is 2.10 bits per heavy atom. The van der Waals surface area contributed by atoms with Crippen LogP contribution in [-0.4, -0.2) is 23.2 Å². The average Bonchev–Trinajstić information content (AvgIpc) is 3.09. The molecule has 0 saturated carbocycles. The van der Waals surface area contributed by atoms with Crippen LogP contribution in [-0.2, 0) is 6.18 Å². The van der Waals surface area contributed by atoms with Crippen LogP contribution in [0.4, 0.5) is 13.2 Å². The number of nitrogens with zero attached hydrogens (tertiary/aromatic N) is 2. The van der Waals surface area contributed by atoms with Gasteiger partial charge in [0.2, 0.25) is 11.7 Å². The minimum atomic E-state index is -4.38. The van der Waals surface area contributed by atoms with Crippen LogP contribution in [0.1, 0.15) is 23.8 Å². The van der Waals surface area contributed by atoms with E-state index in [1.807, 2.05) is 0 Å². The number of halogens is 4. The molecule has 3 rings (SSSR count). The molecule has 1 aliphatic heterocycles. The highest BCUT2D eigenvalue weighted by Gasteiger charge is 2.31. The van der Waals surface area contributed by atoms with E-state index in [2.05, 4.69) is 15.5 Å². The summed E-state index contributed by atoms with van der Waals surface area (Å²) in [5.74, 6) is 0.808. The molecule has 0 aliphatic carbocycles. The molecule has 1 aliphatic rings. The molecule has 1 aromatic heterocycles. The normalized spacial score (nSPS) is 18.5. The highest BCUT2D eigenvalue weighted by Crippen LogP contribution is 2.32. The average molecular weight is 320 g/mol. The first-order valence-corrected chi connectivity index (χ1v) is 6.26. The van der Waals surface area contributed by atoms with E-state index in [0.717, 1.165) is 31.6 Å². The van der Waals surface area contributed by atoms with Crippen molar-refractivity contribution in [1.29, 1.82) is 0 Å². The second-order valence-electron chi connectivity index (χ2n) is 4.72. The second kappa shape index (κ2) is 6.03. The van der Waals surface area contributed by atoms with E-state index in [1.165, 1.54) is 12.1 Å². The van der Waals surface area contributed by atoms with Gasteiger partial charge >= 0.3 is 6.18 Å². The van der Waals surface area contributed by atoms with Crippen molar-refractivity contribution in [2.24, 2.45) is 0 Å². The third-order valence-electron chi connectivity index (χ3n) is 3.30. The Morgan fingerprint density at radius 3 is 2.76 bits per heavy atom. The van der Waals surface area contributed by atoms with Gasteiger partial charge in [0.05, 0.1) is 11.5 Å². The number of nitrogens with one attached hydrogen (secondary N) is 1. The summed E-state index contributed by atoms with van der Waals surface area (Å²) in [6.07, 6.45) is -3.48. The van der Waals surface area contributed by atoms with E-state index >= 15 is 0 Å². The van der Waals surface area contributed by atoms with Crippen LogP contribution in [0.5, 0.6) is 0 Å². The Labute approximate surface area is 125 Å². The molecule has 1 aromatic carbocycles. The Balaban J connectivity index is 0.00000161. The summed E-state index contributed by atoms with van der Waals surface area (Å²) < 4.78 is 43.1. The van der Waals surface area contributed by atoms with Crippen LogP contribution in [0, 0.1) is 0 Å². The van der Waals surface area contributed by atoms with Gasteiger partial charge in [-0.25, -0.2) is 0 Å². The topological polar surface area (TPSA) is 51.0 Å². The lowest BCUT2D eigenvalue weighted by Gasteiger charge is -2.06. The van der Waals surface area contributed by atoms with E-state index in [9.17, 15) is 13.2 Å². The Kier molecular flexibility index (Phi) is 4.53. The van der Waals surface area contributed by atoms with Crippen molar-refractivity contribution in [1.82, 2.24) is 15.5 Å². The van der Waals surface area contributed by atoms with Gasteiger partial charge in [0.1, 0.15) is 0 Å². The lowest BCUT2D eigenvalue weighted by molar-refractivity contribution is -0.137. The maximum absolute atomic E-state index is 12.7. The molecule has 0 bridgehead atoms. The fraction of sp³-hybridized carbons (Fsp3) is 0.385. The largest absolute Gasteiger partial charge is 0.416 e. The lowest BCUT2D eigenvalue weighted by atomic mass is 10.1. The van der Waals surface area contributed by atoms with Gasteiger partial charge in [-0.05, 0) is 25.1 Å². The van der Waals surface area contributed by atoms with Crippen molar-refractivity contribution in [3.05, 3.63) is 35.7 Å². The molecule has 114 valence electrons. The van der Waals surface area contributed by atoms with E-state index < -0.39 is 11.7 Å². The van der Waals surface area contributed by atoms with E-state index in [0.29, 0.717) is 11.5 Å². The lowest BCUT2D eigenvalue weighted by Crippen LogP contribution is -2.08. The quantitative estimate of drug-likeness (QED) is 0.923. The van der Waals surface area contributed by atoms with Crippen LogP contribution in [0.3, 0.4) is 0 Å². The molecule has 1 saturated heterocycles. The predicted octanol–water partition coefficient (Wildman–Crippen LogP) is 3.25. The molecule has 0 amide bonds. The summed E-state index contributed by atoms with van der Waals surface area (Å²) in [5.41, 5.74) is -0.412. The molecule has 1 fully saturated rings. The highest BCUT2D eigenvalue weighted by atomic mass is 35.5. The van der Waals surface area contributed by atoms with Gasteiger partial charge in [0, 0.05) is 12.1 Å². The number of benzene rings is 1. The smallest absolute Gasteiger partial charge is 0.339 e. The minimum Gasteiger partial charge on any atom is -0.339 e. The van der Waals surface area contributed by atoms with Crippen LogP contribution >= 0.6 is 12.4 Å². The number of aromatic nitrogens is 2. The first-order valence-electron chi connectivity index (χ1n) is 6.26. The van der Waals surface area contributed by atoms with Crippen molar-refractivity contribution < 1.29 is 17.7 Å². The Bertz CT molecular complexity index is 609. The van der Waals surface area contributed by atoms with Crippen LogP contribution in [0.2, 0.25) is 0 Å². The van der Waals surface area contributed by atoms with Gasteiger partial charge in [-0.2, -0.15) is 18.2 Å². The molecule has 2 aromatic rings. The zero-order valence-corrected chi connectivity index (χ0v) is 11.7. The minimum absolute atomic E-state index is 0. The molecule has 1 N–H and O–H groups in total. The van der Waals surface area contributed by atoms with Crippen LogP contribution in [0.15, 0.2) is 28.8 Å². The Hall–Kier alpha value is -1.60. The fourth-order valence-electron chi connectivity index (χ4n) is 2.22. The summed E-state index contributed by atoms with van der Waals surface area (Å²) in [6.45, 7) is 1.64. The summed E-state index contributed by atoms with van der Waals surface area (Å²) >= 11 is 0. The van der Waals surface area contributed by atoms with Crippen molar-refractivity contribution in [2.45, 2.75) is 18.5 Å². The van der Waals surface area contributed by atoms with Gasteiger partial charge < -0.3 is 9.84 Å². The molecule has 21 heavy (non-hydrogen) atoms. The molecule has 1 atom stereocenters. The number of hydrogen-bond donors (Lipinski definition) is 1. The Morgan fingerprint density at radius 1 is 1.29 bits per heavy atom. The van der Waals surface area contributed by atoms with Gasteiger partial charge in [-0.15, -0.1) is 12.4 Å². The van der Waals surface area contributed by atoms with Gasteiger partial charge in [-0.3, -0.25) is 0 Å². The number of hydrogen-bond acceptors (Lipinski definition) is 4. The molecule has 4 nitrogen and oxygen atoms in total. The third-order valence-corrected chi connectivity index (χ3v) is 3.30. The zero-order valence-electron chi connectivity index (χ0n) is 10.9. The monoisotopic (exact) mass is 319 g/mol. The maximum Gasteiger partial charge on any atom is 0.416 e. The fourth-order valence-corrected chi connectivity index (χ4v) is 2.22. The van der Waals surface area contributed by atoms with Gasteiger partial charge in [0.25, 0.3) is 0 Å². The van der Waals surface area contributed by atoms with Crippen molar-refractivity contribution in [3.8, 4) is 11.4 Å². The number of rotatable bonds is 2. The molecule has 0 radical (unpaired) electrons. The van der Waals surface area contributed by atoms with Crippen molar-refractivity contribution >= 4 is 12.4 Å². The molecule has 8 heteroatoms. The van der Waals surface area contributed by atoms with Crippen molar-refractivity contribution in [2.75, 3.05) is 13.1 Å². The molecule has 0 spiro atoms. The maximum atomic E-state index is 12.7. The summed E-state index contributed by atoms with van der Waals surface area (Å²) in [6, 6.07) is 4.93. The summed E-state index contributed by atoms with van der Waals surface area (Å²) in [5, 5.41) is 6.95. The molecule has 2 heterocycles. The zero-order chi connectivity index (χ0) is 14.2. The predicted molar refractivity (Wildman–Crippen MR) is 72.2 cm³/mol. The summed E-state index contributed by atoms with van der Waals surface area (Å²) in [7, 11) is 0. The molecular formula is C13H13ClF3N3O. The standard InChI is InChI=1S/C13H12F3N3O.ClH/c14-13(15,16)10-3-1-2-8(6-10)11-18-12(20-19-11)9-4-5-17-7-9;/h1-3,6,9,17H,4-5,7H2;1H/t9-;/m0./s1.